The van der Waals surface area contributed by atoms with Crippen LogP contribution in [-0.4, -0.2) is 30.7 Å². The van der Waals surface area contributed by atoms with Crippen LogP contribution in [0.3, 0.4) is 0 Å². The zero-order valence-electron chi connectivity index (χ0n) is 9.06. The fraction of sp³-hybridized carbons (Fsp3) is 0.556. The number of aromatic nitrogens is 1. The van der Waals surface area contributed by atoms with Crippen LogP contribution in [0.25, 0.3) is 0 Å². The van der Waals surface area contributed by atoms with Crippen molar-refractivity contribution in [1.29, 1.82) is 0 Å². The SMILES string of the molecule is CCCc1nc(CS(C)(=O)=O)sc1C(=O)O. The van der Waals surface area contributed by atoms with Gasteiger partial charge in [-0.1, -0.05) is 13.3 Å². The van der Waals surface area contributed by atoms with Gasteiger partial charge in [0.1, 0.15) is 15.6 Å². The van der Waals surface area contributed by atoms with E-state index in [4.69, 9.17) is 5.11 Å². The Labute approximate surface area is 98.1 Å². The Morgan fingerprint density at radius 3 is 2.56 bits per heavy atom. The van der Waals surface area contributed by atoms with E-state index in [0.29, 0.717) is 17.1 Å². The molecular formula is C9H13NO4S2. The minimum Gasteiger partial charge on any atom is -0.477 e. The maximum absolute atomic E-state index is 11.1. The quantitative estimate of drug-likeness (QED) is 0.866. The van der Waals surface area contributed by atoms with E-state index in [2.05, 4.69) is 4.98 Å². The Balaban J connectivity index is 3.06. The van der Waals surface area contributed by atoms with Crippen molar-refractivity contribution in [1.82, 2.24) is 4.98 Å². The molecule has 0 fully saturated rings. The lowest BCUT2D eigenvalue weighted by molar-refractivity contribution is 0.0700. The molecule has 1 heterocycles. The first-order valence-corrected chi connectivity index (χ1v) is 7.60. The number of hydrogen-bond acceptors (Lipinski definition) is 5. The van der Waals surface area contributed by atoms with Crippen molar-refractivity contribution in [2.75, 3.05) is 6.26 Å². The second kappa shape index (κ2) is 4.92. The second-order valence-corrected chi connectivity index (χ2v) is 6.73. The molecule has 1 N–H and O–H groups in total. The van der Waals surface area contributed by atoms with Crippen LogP contribution in [0.4, 0.5) is 0 Å². The molecule has 0 aliphatic heterocycles. The number of carbonyl (C=O) groups is 1. The molecule has 0 aliphatic rings. The van der Waals surface area contributed by atoms with Gasteiger partial charge in [-0.25, -0.2) is 18.2 Å². The number of carboxylic acids is 1. The summed E-state index contributed by atoms with van der Waals surface area (Å²) in [6, 6.07) is 0. The van der Waals surface area contributed by atoms with Gasteiger partial charge in [-0.05, 0) is 6.42 Å². The van der Waals surface area contributed by atoms with Crippen molar-refractivity contribution < 1.29 is 18.3 Å². The third-order valence-electron chi connectivity index (χ3n) is 1.81. The monoisotopic (exact) mass is 263 g/mol. The molecule has 90 valence electrons. The molecule has 0 radical (unpaired) electrons. The van der Waals surface area contributed by atoms with Crippen LogP contribution < -0.4 is 0 Å². The zero-order valence-corrected chi connectivity index (χ0v) is 10.7. The highest BCUT2D eigenvalue weighted by molar-refractivity contribution is 7.90. The van der Waals surface area contributed by atoms with Crippen molar-refractivity contribution >= 4 is 27.1 Å². The Morgan fingerprint density at radius 1 is 1.50 bits per heavy atom. The lowest BCUT2D eigenvalue weighted by Crippen LogP contribution is -2.00. The first kappa shape index (κ1) is 13.1. The molecule has 0 unspecified atom stereocenters. The number of aromatic carboxylic acids is 1. The molecular weight excluding hydrogens is 250 g/mol. The minimum atomic E-state index is -3.17. The summed E-state index contributed by atoms with van der Waals surface area (Å²) in [6.07, 6.45) is 2.44. The molecule has 0 aliphatic carbocycles. The third kappa shape index (κ3) is 3.57. The van der Waals surface area contributed by atoms with Gasteiger partial charge in [0.2, 0.25) is 0 Å². The smallest absolute Gasteiger partial charge is 0.347 e. The first-order chi connectivity index (χ1) is 7.33. The fourth-order valence-corrected chi connectivity index (χ4v) is 3.40. The van der Waals surface area contributed by atoms with E-state index in [1.54, 1.807) is 0 Å². The van der Waals surface area contributed by atoms with Crippen molar-refractivity contribution in [3.63, 3.8) is 0 Å². The maximum atomic E-state index is 11.1. The van der Waals surface area contributed by atoms with Crippen molar-refractivity contribution in [2.24, 2.45) is 0 Å². The summed E-state index contributed by atoms with van der Waals surface area (Å²) in [5, 5.41) is 9.28. The largest absolute Gasteiger partial charge is 0.477 e. The summed E-state index contributed by atoms with van der Waals surface area (Å²) >= 11 is 0.945. The number of hydrogen-bond donors (Lipinski definition) is 1. The van der Waals surface area contributed by atoms with Gasteiger partial charge in [0.15, 0.2) is 9.84 Å². The van der Waals surface area contributed by atoms with Crippen molar-refractivity contribution in [3.8, 4) is 0 Å². The topological polar surface area (TPSA) is 84.3 Å². The lowest BCUT2D eigenvalue weighted by atomic mass is 10.2. The average Bonchev–Trinajstić information content (AvgIpc) is 2.45. The number of nitrogens with zero attached hydrogens (tertiary/aromatic N) is 1. The molecule has 1 aromatic heterocycles. The predicted octanol–water partition coefficient (Wildman–Crippen LogP) is 1.34. The van der Waals surface area contributed by atoms with Gasteiger partial charge in [0.25, 0.3) is 0 Å². The summed E-state index contributed by atoms with van der Waals surface area (Å²) in [6.45, 7) is 1.92. The Kier molecular flexibility index (Phi) is 4.03. The number of thiazole rings is 1. The number of sulfone groups is 1. The van der Waals surface area contributed by atoms with Crippen LogP contribution in [0.2, 0.25) is 0 Å². The van der Waals surface area contributed by atoms with Gasteiger partial charge < -0.3 is 5.11 Å². The van der Waals surface area contributed by atoms with Crippen LogP contribution in [0.15, 0.2) is 0 Å². The van der Waals surface area contributed by atoms with E-state index in [-0.39, 0.29) is 10.6 Å². The summed E-state index contributed by atoms with van der Waals surface area (Å²) in [7, 11) is -3.17. The molecule has 0 saturated carbocycles. The van der Waals surface area contributed by atoms with Crippen LogP contribution in [0, 0.1) is 0 Å². The van der Waals surface area contributed by atoms with Crippen LogP contribution in [0.5, 0.6) is 0 Å². The van der Waals surface area contributed by atoms with E-state index >= 15 is 0 Å². The summed E-state index contributed by atoms with van der Waals surface area (Å²) in [5.41, 5.74) is 0.485. The van der Waals surface area contributed by atoms with Gasteiger partial charge in [0.05, 0.1) is 5.69 Å². The van der Waals surface area contributed by atoms with E-state index in [0.717, 1.165) is 24.0 Å². The molecule has 0 aromatic carbocycles. The molecule has 0 spiro atoms. The molecule has 0 atom stereocenters. The highest BCUT2D eigenvalue weighted by atomic mass is 32.2. The summed E-state index contributed by atoms with van der Waals surface area (Å²) < 4.78 is 22.1. The third-order valence-corrected chi connectivity index (χ3v) is 3.87. The van der Waals surface area contributed by atoms with Gasteiger partial charge in [0, 0.05) is 6.26 Å². The molecule has 0 amide bonds. The second-order valence-electron chi connectivity index (χ2n) is 3.51. The highest BCUT2D eigenvalue weighted by Gasteiger charge is 2.18. The number of aryl methyl sites for hydroxylation is 1. The Morgan fingerprint density at radius 2 is 2.12 bits per heavy atom. The molecule has 7 heteroatoms. The van der Waals surface area contributed by atoms with E-state index < -0.39 is 15.8 Å². The zero-order chi connectivity index (χ0) is 12.3. The van der Waals surface area contributed by atoms with Crippen molar-refractivity contribution in [3.05, 3.63) is 15.6 Å². The van der Waals surface area contributed by atoms with Gasteiger partial charge in [-0.2, -0.15) is 0 Å². The number of carboxylic acid groups (broad SMARTS) is 1. The van der Waals surface area contributed by atoms with Gasteiger partial charge in [-0.15, -0.1) is 11.3 Å². The van der Waals surface area contributed by atoms with Crippen LogP contribution in [-0.2, 0) is 22.0 Å². The predicted molar refractivity (Wildman–Crippen MR) is 61.6 cm³/mol. The first-order valence-electron chi connectivity index (χ1n) is 4.73. The summed E-state index contributed by atoms with van der Waals surface area (Å²) in [4.78, 5) is 15.1. The molecule has 1 rings (SSSR count). The Hall–Kier alpha value is -0.950. The molecule has 0 bridgehead atoms. The van der Waals surface area contributed by atoms with Crippen LogP contribution in [0.1, 0.15) is 33.7 Å². The molecule has 0 saturated heterocycles. The average molecular weight is 263 g/mol. The minimum absolute atomic E-state index is 0.153. The summed E-state index contributed by atoms with van der Waals surface area (Å²) in [5.74, 6) is -1.23. The molecule has 16 heavy (non-hydrogen) atoms. The van der Waals surface area contributed by atoms with E-state index in [1.165, 1.54) is 0 Å². The fourth-order valence-electron chi connectivity index (χ4n) is 1.26. The Bertz CT molecular complexity index is 490. The standard InChI is InChI=1S/C9H13NO4S2/c1-3-4-6-8(9(11)12)15-7(10-6)5-16(2,13)14/h3-5H2,1-2H3,(H,11,12). The maximum Gasteiger partial charge on any atom is 0.347 e. The normalized spacial score (nSPS) is 11.6. The number of rotatable bonds is 5. The highest BCUT2D eigenvalue weighted by Crippen LogP contribution is 2.21. The lowest BCUT2D eigenvalue weighted by Gasteiger charge is -1.93. The van der Waals surface area contributed by atoms with Gasteiger partial charge >= 0.3 is 5.97 Å². The van der Waals surface area contributed by atoms with Crippen LogP contribution >= 0.6 is 11.3 Å². The van der Waals surface area contributed by atoms with Gasteiger partial charge in [-0.3, -0.25) is 0 Å². The molecule has 1 aromatic rings. The molecule has 5 nitrogen and oxygen atoms in total. The van der Waals surface area contributed by atoms with E-state index in [1.807, 2.05) is 6.92 Å². The van der Waals surface area contributed by atoms with E-state index in [9.17, 15) is 13.2 Å². The van der Waals surface area contributed by atoms with Crippen molar-refractivity contribution in [2.45, 2.75) is 25.5 Å².